The second-order valence-corrected chi connectivity index (χ2v) is 18.4. The summed E-state index contributed by atoms with van der Waals surface area (Å²) in [6.45, 7) is 2.70. The van der Waals surface area contributed by atoms with Gasteiger partial charge in [-0.1, -0.05) is 95.0 Å². The summed E-state index contributed by atoms with van der Waals surface area (Å²) in [5.74, 6) is -69.6. The topological polar surface area (TPSA) is 20.9 Å². The number of carbonyl (C=O) groups is 1. The minimum Gasteiger partial charge on any atom is -0.287 e. The van der Waals surface area contributed by atoms with Crippen LogP contribution in [0.4, 0.5) is 87.8 Å². The highest BCUT2D eigenvalue weighted by atomic mass is 19.2. The molecule has 23 heteroatoms. The van der Waals surface area contributed by atoms with Crippen LogP contribution < -0.4 is 26.4 Å². The van der Waals surface area contributed by atoms with E-state index in [1.54, 1.807) is 0 Å². The first-order valence-electron chi connectivity index (χ1n) is 23.8. The number of aromatic nitrogens is 1. The van der Waals surface area contributed by atoms with E-state index in [2.05, 4.69) is 31.5 Å². The molecule has 6 aromatic rings. The monoisotopic (exact) mass is 1100 g/mol. The number of carbonyl (C=O) groups excluding carboxylic acids is 1. The summed E-state index contributed by atoms with van der Waals surface area (Å²) in [6, 6.07) is 14.1. The first-order valence-corrected chi connectivity index (χ1v) is 23.8. The van der Waals surface area contributed by atoms with Crippen LogP contribution in [0.5, 0.6) is 0 Å². The summed E-state index contributed by atoms with van der Waals surface area (Å²) in [5, 5.41) is 0. The van der Waals surface area contributed by atoms with Crippen molar-refractivity contribution >= 4 is 33.8 Å². The first kappa shape index (κ1) is 58.8. The lowest BCUT2D eigenvalue weighted by atomic mass is 9.12. The smallest absolute Gasteiger partial charge is 0.227 e. The number of Topliss-reactive ketones (excluding diaryl/α,β-unsaturated/α-hetero) is 1. The maximum atomic E-state index is 15.4. The molecule has 0 radical (unpaired) electrons. The Morgan fingerprint density at radius 3 is 1.04 bits per heavy atom. The van der Waals surface area contributed by atoms with E-state index in [4.69, 9.17) is 0 Å². The van der Waals surface area contributed by atoms with Crippen molar-refractivity contribution in [2.75, 3.05) is 0 Å². The largest absolute Gasteiger partial charge is 0.287 e. The zero-order valence-electron chi connectivity index (χ0n) is 39.7. The van der Waals surface area contributed by atoms with Crippen LogP contribution in [0.1, 0.15) is 112 Å². The van der Waals surface area contributed by atoms with Crippen LogP contribution in [0.25, 0.3) is 0 Å². The molecule has 0 atom stereocenters. The van der Waals surface area contributed by atoms with Crippen molar-refractivity contribution in [3.05, 3.63) is 182 Å². The number of unbranched alkanes of at least 4 members (excludes halogenated alkanes) is 7. The SMILES string of the molecule is CCCCCCCCCCC1CCC(c2cc[n+](CC(=O)c3ccccc3)cc2)CC1.Fc1c(F)c(F)c([B-](c2c(F)c(F)c(F)c(F)c2F)(c2c(F)c(F)c(F)c(F)c2F)c2c(F)c(F)c(F)c(F)c2F)c(F)c1F. The summed E-state index contributed by atoms with van der Waals surface area (Å²) in [7, 11) is 0. The van der Waals surface area contributed by atoms with E-state index in [-0.39, 0.29) is 5.78 Å². The molecule has 1 aromatic heterocycles. The number of nitrogens with zero attached hydrogens (tertiary/aromatic N) is 1. The molecule has 0 amide bonds. The summed E-state index contributed by atoms with van der Waals surface area (Å²) >= 11 is 0. The normalized spacial score (nSPS) is 14.8. The Bertz CT molecular complexity index is 2710. The van der Waals surface area contributed by atoms with Gasteiger partial charge in [0.05, 0.1) is 0 Å². The van der Waals surface area contributed by atoms with E-state index in [9.17, 15) is 57.5 Å². The van der Waals surface area contributed by atoms with Crippen LogP contribution in [0, 0.1) is 122 Å². The summed E-state index contributed by atoms with van der Waals surface area (Å²) in [4.78, 5) is 12.4. The third kappa shape index (κ3) is 11.2. The lowest BCUT2D eigenvalue weighted by Crippen LogP contribution is -2.81. The average molecular weight is 1100 g/mol. The Balaban J connectivity index is 0.000000264. The van der Waals surface area contributed by atoms with Crippen LogP contribution in [0.15, 0.2) is 54.9 Å². The Kier molecular flexibility index (Phi) is 19.1. The number of halogens is 20. The van der Waals surface area contributed by atoms with Crippen molar-refractivity contribution in [3.8, 4) is 0 Å². The molecule has 1 fully saturated rings. The predicted molar refractivity (Wildman–Crippen MR) is 239 cm³/mol. The highest BCUT2D eigenvalue weighted by Gasteiger charge is 2.52. The van der Waals surface area contributed by atoms with E-state index in [1.165, 1.54) is 89.0 Å². The Morgan fingerprint density at radius 1 is 0.408 bits per heavy atom. The van der Waals surface area contributed by atoms with Crippen molar-refractivity contribution in [3.63, 3.8) is 0 Å². The van der Waals surface area contributed by atoms with Gasteiger partial charge in [0.1, 0.15) is 52.7 Å². The average Bonchev–Trinajstić information content (AvgIpc) is 3.49. The van der Waals surface area contributed by atoms with Gasteiger partial charge in [0, 0.05) is 17.7 Å². The van der Waals surface area contributed by atoms with Gasteiger partial charge in [-0.3, -0.25) is 4.79 Å². The molecule has 0 aliphatic heterocycles. The molecule has 1 aliphatic carbocycles. The van der Waals surface area contributed by atoms with Crippen molar-refractivity contribution in [1.82, 2.24) is 0 Å². The van der Waals surface area contributed by atoms with Crippen LogP contribution in [0.2, 0.25) is 0 Å². The molecular weight excluding hydrogens is 1060 g/mol. The number of benzene rings is 5. The molecule has 1 heterocycles. The van der Waals surface area contributed by atoms with Gasteiger partial charge in [-0.2, -0.15) is 4.57 Å². The molecule has 2 nitrogen and oxygen atoms in total. The second-order valence-electron chi connectivity index (χ2n) is 18.4. The summed E-state index contributed by atoms with van der Waals surface area (Å²) in [5.41, 5.74) is -12.1. The molecule has 0 unspecified atom stereocenters. The first-order chi connectivity index (χ1) is 36.0. The standard InChI is InChI=1S/C29H42NO.C24BF20/c1-2-3-4-5-6-7-8-10-13-25-16-18-26(19-17-25)27-20-22-30(23-21-27)24-29(31)28-14-11-9-12-15-28;26-5-1(6(27)14(35)21(42)13(5)34)25(2-7(28)15(36)22(43)16(37)8(2)29,3-9(30)17(38)23(44)18(39)10(3)31)4-11(32)19(40)24(45)20(41)12(4)33/h9,11-12,14-15,20-23,25-26H,2-8,10,13,16-19,24H2,1H3;/q+1;-1. The van der Waals surface area contributed by atoms with Crippen LogP contribution in [-0.4, -0.2) is 11.9 Å². The van der Waals surface area contributed by atoms with Gasteiger partial charge in [-0.25, -0.2) is 87.8 Å². The van der Waals surface area contributed by atoms with Gasteiger partial charge < -0.3 is 0 Å². The van der Waals surface area contributed by atoms with Crippen LogP contribution in [0.3, 0.4) is 0 Å². The maximum absolute atomic E-state index is 15.4. The third-order valence-corrected chi connectivity index (χ3v) is 13.8. The number of ketones is 1. The fourth-order valence-electron chi connectivity index (χ4n) is 9.95. The van der Waals surface area contributed by atoms with Crippen molar-refractivity contribution < 1.29 is 97.2 Å². The van der Waals surface area contributed by atoms with Crippen molar-refractivity contribution in [2.45, 2.75) is 103 Å². The number of hydrogen-bond acceptors (Lipinski definition) is 1. The number of rotatable bonds is 17. The lowest BCUT2D eigenvalue weighted by Gasteiger charge is -2.44. The molecule has 7 rings (SSSR count). The van der Waals surface area contributed by atoms with E-state index >= 15 is 35.1 Å². The molecule has 1 aliphatic rings. The minimum absolute atomic E-state index is 0.166. The Labute approximate surface area is 421 Å². The fourth-order valence-corrected chi connectivity index (χ4v) is 9.95. The zero-order chi connectivity index (χ0) is 56.1. The Hall–Kier alpha value is -6.42. The quantitative estimate of drug-likeness (QED) is 0.0170. The highest BCUT2D eigenvalue weighted by Crippen LogP contribution is 2.38. The predicted octanol–water partition coefficient (Wildman–Crippen LogP) is 13.5. The third-order valence-electron chi connectivity index (χ3n) is 13.8. The molecule has 408 valence electrons. The van der Waals surface area contributed by atoms with Crippen LogP contribution in [-0.2, 0) is 6.54 Å². The van der Waals surface area contributed by atoms with Gasteiger partial charge in [-0.05, 0) is 43.1 Å². The second kappa shape index (κ2) is 24.7. The molecule has 5 aromatic carbocycles. The molecule has 0 saturated heterocycles. The summed E-state index contributed by atoms with van der Waals surface area (Å²) in [6.07, 6.45) is 15.2. The molecule has 0 spiro atoms. The minimum atomic E-state index is -7.22. The van der Waals surface area contributed by atoms with Crippen molar-refractivity contribution in [2.24, 2.45) is 5.92 Å². The van der Waals surface area contributed by atoms with E-state index in [0.717, 1.165) is 11.5 Å². The maximum Gasteiger partial charge on any atom is 0.227 e. The van der Waals surface area contributed by atoms with E-state index < -0.39 is 144 Å². The number of pyridine rings is 1. The van der Waals surface area contributed by atoms with E-state index in [0.29, 0.717) is 12.5 Å². The fraction of sp³-hybridized carbons (Fsp3) is 0.321. The lowest BCUT2D eigenvalue weighted by molar-refractivity contribution is -0.683. The van der Waals surface area contributed by atoms with Crippen molar-refractivity contribution in [1.29, 1.82) is 0 Å². The van der Waals surface area contributed by atoms with Gasteiger partial charge >= 0.3 is 0 Å². The van der Waals surface area contributed by atoms with Gasteiger partial charge in [0.25, 0.3) is 0 Å². The molecular formula is C53H42BF20NO. The van der Waals surface area contributed by atoms with E-state index in [1.807, 2.05) is 34.9 Å². The van der Waals surface area contributed by atoms with Crippen LogP contribution >= 0.6 is 0 Å². The molecule has 0 bridgehead atoms. The highest BCUT2D eigenvalue weighted by molar-refractivity contribution is 7.20. The molecule has 0 N–H and O–H groups in total. The van der Waals surface area contributed by atoms with Gasteiger partial charge in [0.2, 0.25) is 12.3 Å². The van der Waals surface area contributed by atoms with Gasteiger partial charge in [0.15, 0.2) is 82.2 Å². The number of hydrogen-bond donors (Lipinski definition) is 0. The molecule has 1 saturated carbocycles. The Morgan fingerprint density at radius 2 is 0.711 bits per heavy atom. The molecule has 76 heavy (non-hydrogen) atoms. The van der Waals surface area contributed by atoms with Gasteiger partial charge in [-0.15, -0.1) is 21.9 Å². The summed E-state index contributed by atoms with van der Waals surface area (Å²) < 4.78 is 296. The zero-order valence-corrected chi connectivity index (χ0v) is 39.7.